The van der Waals surface area contributed by atoms with Crippen molar-refractivity contribution in [3.63, 3.8) is 0 Å². The molecule has 0 saturated carbocycles. The molecule has 1 heterocycles. The van der Waals surface area contributed by atoms with Gasteiger partial charge in [-0.05, 0) is 72.6 Å². The predicted octanol–water partition coefficient (Wildman–Crippen LogP) is 5.99. The van der Waals surface area contributed by atoms with Gasteiger partial charge in [-0.3, -0.25) is 9.59 Å². The molecular formula is C33H40ClN3O4S. The Morgan fingerprint density at radius 3 is 2.14 bits per heavy atom. The molecule has 0 aliphatic carbocycles. The van der Waals surface area contributed by atoms with E-state index in [-0.39, 0.29) is 29.7 Å². The van der Waals surface area contributed by atoms with E-state index < -0.39 is 16.1 Å². The van der Waals surface area contributed by atoms with Gasteiger partial charge in [0.1, 0.15) is 6.04 Å². The average Bonchev–Trinajstić information content (AvgIpc) is 3.54. The Kier molecular flexibility index (Phi) is 11.2. The number of hydrogen-bond donors (Lipinski definition) is 1. The van der Waals surface area contributed by atoms with Crippen LogP contribution in [0.15, 0.2) is 83.8 Å². The number of benzene rings is 3. The van der Waals surface area contributed by atoms with Gasteiger partial charge in [0.2, 0.25) is 21.8 Å². The SMILES string of the molecule is CC(C)CCNC(=O)C(c1ccccc1)N(Cc1ccc(Cl)cc1)C(=O)CCc1ccc(S(=O)(=O)N2CCCC2)cc1. The fourth-order valence-corrected chi connectivity index (χ4v) is 6.74. The van der Waals surface area contributed by atoms with Gasteiger partial charge in [-0.2, -0.15) is 4.31 Å². The van der Waals surface area contributed by atoms with Crippen LogP contribution in [-0.2, 0) is 32.6 Å². The molecule has 1 N–H and O–H groups in total. The Morgan fingerprint density at radius 1 is 0.905 bits per heavy atom. The van der Waals surface area contributed by atoms with Crippen molar-refractivity contribution in [3.8, 4) is 0 Å². The molecule has 1 saturated heterocycles. The first kappa shape index (κ1) is 31.7. The Bertz CT molecular complexity index is 1420. The van der Waals surface area contributed by atoms with Crippen molar-refractivity contribution in [1.82, 2.24) is 14.5 Å². The van der Waals surface area contributed by atoms with Crippen LogP contribution in [0.25, 0.3) is 0 Å². The summed E-state index contributed by atoms with van der Waals surface area (Å²) in [6.45, 7) is 6.07. The quantitative estimate of drug-likeness (QED) is 0.258. The molecule has 4 rings (SSSR count). The minimum Gasteiger partial charge on any atom is -0.354 e. The van der Waals surface area contributed by atoms with Gasteiger partial charge in [0, 0.05) is 37.6 Å². The summed E-state index contributed by atoms with van der Waals surface area (Å²) in [4.78, 5) is 29.5. The van der Waals surface area contributed by atoms with Crippen molar-refractivity contribution in [2.45, 2.75) is 63.4 Å². The predicted molar refractivity (Wildman–Crippen MR) is 166 cm³/mol. The standard InChI is InChI=1S/C33H40ClN3O4S/c1-25(2)20-21-35-33(39)32(28-8-4-3-5-9-28)37(24-27-10-15-29(34)16-11-27)31(38)19-14-26-12-17-30(18-13-26)42(40,41)36-22-6-7-23-36/h3-5,8-13,15-18,25,32H,6-7,14,19-24H2,1-2H3,(H,35,39). The van der Waals surface area contributed by atoms with Gasteiger partial charge in [0.05, 0.1) is 4.90 Å². The maximum Gasteiger partial charge on any atom is 0.247 e. The van der Waals surface area contributed by atoms with E-state index in [9.17, 15) is 18.0 Å². The molecule has 7 nitrogen and oxygen atoms in total. The monoisotopic (exact) mass is 609 g/mol. The number of sulfonamides is 1. The third kappa shape index (κ3) is 8.43. The van der Waals surface area contributed by atoms with Crippen molar-refractivity contribution in [2.75, 3.05) is 19.6 Å². The summed E-state index contributed by atoms with van der Waals surface area (Å²) in [5, 5.41) is 3.64. The molecule has 1 aliphatic rings. The number of aryl methyl sites for hydroxylation is 1. The normalized spacial score (nSPS) is 14.6. The second-order valence-electron chi connectivity index (χ2n) is 11.2. The number of amides is 2. The van der Waals surface area contributed by atoms with E-state index in [1.807, 2.05) is 42.5 Å². The Labute approximate surface area is 254 Å². The number of nitrogens with one attached hydrogen (secondary N) is 1. The van der Waals surface area contributed by atoms with E-state index in [2.05, 4.69) is 19.2 Å². The average molecular weight is 610 g/mol. The number of carbonyl (C=O) groups is 2. The molecule has 1 aliphatic heterocycles. The third-order valence-corrected chi connectivity index (χ3v) is 9.70. The fraction of sp³-hybridized carbons (Fsp3) is 0.394. The van der Waals surface area contributed by atoms with E-state index in [1.54, 1.807) is 41.3 Å². The molecule has 0 spiro atoms. The lowest BCUT2D eigenvalue weighted by molar-refractivity contribution is -0.141. The number of halogens is 1. The lowest BCUT2D eigenvalue weighted by Crippen LogP contribution is -2.43. The molecule has 2 amide bonds. The zero-order valence-corrected chi connectivity index (χ0v) is 25.9. The summed E-state index contributed by atoms with van der Waals surface area (Å²) >= 11 is 6.11. The number of nitrogens with zero attached hydrogens (tertiary/aromatic N) is 2. The largest absolute Gasteiger partial charge is 0.354 e. The molecular weight excluding hydrogens is 570 g/mol. The van der Waals surface area contributed by atoms with Gasteiger partial charge in [-0.1, -0.05) is 80.0 Å². The molecule has 1 unspecified atom stereocenters. The van der Waals surface area contributed by atoms with Crippen LogP contribution in [0.5, 0.6) is 0 Å². The molecule has 0 aromatic heterocycles. The molecule has 42 heavy (non-hydrogen) atoms. The van der Waals surface area contributed by atoms with E-state index in [4.69, 9.17) is 11.6 Å². The first-order valence-corrected chi connectivity index (χ1v) is 16.4. The van der Waals surface area contributed by atoms with E-state index in [0.29, 0.717) is 37.0 Å². The lowest BCUT2D eigenvalue weighted by Gasteiger charge is -2.32. The first-order valence-electron chi connectivity index (χ1n) is 14.6. The van der Waals surface area contributed by atoms with Crippen molar-refractivity contribution in [3.05, 3.63) is 101 Å². The highest BCUT2D eigenvalue weighted by Crippen LogP contribution is 2.26. The van der Waals surface area contributed by atoms with Gasteiger partial charge >= 0.3 is 0 Å². The van der Waals surface area contributed by atoms with Crippen molar-refractivity contribution < 1.29 is 18.0 Å². The van der Waals surface area contributed by atoms with E-state index in [1.165, 1.54) is 4.31 Å². The zero-order valence-electron chi connectivity index (χ0n) is 24.3. The van der Waals surface area contributed by atoms with Crippen LogP contribution in [0.4, 0.5) is 0 Å². The number of hydrogen-bond acceptors (Lipinski definition) is 4. The van der Waals surface area contributed by atoms with Crippen LogP contribution in [0, 0.1) is 5.92 Å². The van der Waals surface area contributed by atoms with Crippen LogP contribution in [0.2, 0.25) is 5.02 Å². The topological polar surface area (TPSA) is 86.8 Å². The van der Waals surface area contributed by atoms with E-state index >= 15 is 0 Å². The molecule has 0 radical (unpaired) electrons. The highest BCUT2D eigenvalue weighted by molar-refractivity contribution is 7.89. The molecule has 9 heteroatoms. The molecule has 224 valence electrons. The summed E-state index contributed by atoms with van der Waals surface area (Å²) in [5.41, 5.74) is 2.45. The maximum absolute atomic E-state index is 13.9. The Morgan fingerprint density at radius 2 is 1.52 bits per heavy atom. The molecule has 1 atom stereocenters. The van der Waals surface area contributed by atoms with Gasteiger partial charge in [-0.25, -0.2) is 8.42 Å². The summed E-state index contributed by atoms with van der Waals surface area (Å²) in [6.07, 6.45) is 3.17. The molecule has 1 fully saturated rings. The van der Waals surface area contributed by atoms with Crippen LogP contribution in [0.3, 0.4) is 0 Å². The summed E-state index contributed by atoms with van der Waals surface area (Å²) in [5.74, 6) is 0.0382. The van der Waals surface area contributed by atoms with Crippen molar-refractivity contribution in [2.24, 2.45) is 5.92 Å². The highest BCUT2D eigenvalue weighted by Gasteiger charge is 2.31. The highest BCUT2D eigenvalue weighted by atomic mass is 35.5. The Balaban J connectivity index is 1.55. The first-order chi connectivity index (χ1) is 20.1. The summed E-state index contributed by atoms with van der Waals surface area (Å²) in [6, 6.07) is 22.6. The van der Waals surface area contributed by atoms with Crippen LogP contribution in [-0.4, -0.2) is 49.1 Å². The smallest absolute Gasteiger partial charge is 0.247 e. The van der Waals surface area contributed by atoms with E-state index in [0.717, 1.165) is 36.0 Å². The van der Waals surface area contributed by atoms with Crippen LogP contribution in [0.1, 0.15) is 62.3 Å². The second kappa shape index (κ2) is 14.8. The van der Waals surface area contributed by atoms with Gasteiger partial charge in [0.15, 0.2) is 0 Å². The zero-order chi connectivity index (χ0) is 30.1. The summed E-state index contributed by atoms with van der Waals surface area (Å²) in [7, 11) is -3.50. The summed E-state index contributed by atoms with van der Waals surface area (Å²) < 4.78 is 27.3. The Hall–Kier alpha value is -3.20. The van der Waals surface area contributed by atoms with Crippen LogP contribution >= 0.6 is 11.6 Å². The van der Waals surface area contributed by atoms with Crippen LogP contribution < -0.4 is 5.32 Å². The molecule has 0 bridgehead atoms. The van der Waals surface area contributed by atoms with Gasteiger partial charge in [-0.15, -0.1) is 0 Å². The minimum absolute atomic E-state index is 0.161. The maximum atomic E-state index is 13.9. The minimum atomic E-state index is -3.50. The number of carbonyl (C=O) groups excluding carboxylic acids is 2. The van der Waals surface area contributed by atoms with Crippen molar-refractivity contribution >= 4 is 33.4 Å². The van der Waals surface area contributed by atoms with Crippen molar-refractivity contribution in [1.29, 1.82) is 0 Å². The van der Waals surface area contributed by atoms with Gasteiger partial charge in [0.25, 0.3) is 0 Å². The molecule has 3 aromatic carbocycles. The molecule has 3 aromatic rings. The number of rotatable bonds is 13. The second-order valence-corrected chi connectivity index (χ2v) is 13.6. The third-order valence-electron chi connectivity index (χ3n) is 7.54. The fourth-order valence-electron chi connectivity index (χ4n) is 5.10. The lowest BCUT2D eigenvalue weighted by atomic mass is 10.0. The van der Waals surface area contributed by atoms with Gasteiger partial charge < -0.3 is 10.2 Å².